The van der Waals surface area contributed by atoms with Crippen LogP contribution in [-0.2, 0) is 0 Å². The first-order chi connectivity index (χ1) is 8.08. The van der Waals surface area contributed by atoms with E-state index in [0.717, 1.165) is 0 Å². The number of phenols is 1. The molecule has 1 N–H and O–H groups in total. The summed E-state index contributed by atoms with van der Waals surface area (Å²) in [5, 5.41) is 18.5. The molecule has 0 aliphatic carbocycles. The summed E-state index contributed by atoms with van der Waals surface area (Å²) in [5.41, 5.74) is 1.37. The first-order valence-corrected chi connectivity index (χ1v) is 5.17. The molecule has 0 atom stereocenters. The highest BCUT2D eigenvalue weighted by Crippen LogP contribution is 2.28. The van der Waals surface area contributed by atoms with Crippen LogP contribution < -0.4 is 0 Å². The van der Waals surface area contributed by atoms with Crippen molar-refractivity contribution < 1.29 is 9.50 Å². The number of rotatable bonds is 1. The monoisotopic (exact) mass is 247 g/mol. The fourth-order valence-corrected chi connectivity index (χ4v) is 1.78. The van der Waals surface area contributed by atoms with Crippen molar-refractivity contribution >= 4 is 11.6 Å². The number of phenolic OH excluding ortho intramolecular Hbond substituents is 1. The van der Waals surface area contributed by atoms with E-state index in [1.165, 1.54) is 24.3 Å². The van der Waals surface area contributed by atoms with Crippen molar-refractivity contribution in [2.75, 3.05) is 0 Å². The third kappa shape index (κ3) is 2.55. The van der Waals surface area contributed by atoms with Crippen LogP contribution in [0.15, 0.2) is 36.4 Å². The van der Waals surface area contributed by atoms with Gasteiger partial charge in [-0.25, -0.2) is 4.39 Å². The van der Waals surface area contributed by atoms with Gasteiger partial charge in [0.25, 0.3) is 0 Å². The molecule has 0 amide bonds. The Morgan fingerprint density at radius 3 is 2.41 bits per heavy atom. The molecule has 17 heavy (non-hydrogen) atoms. The van der Waals surface area contributed by atoms with Gasteiger partial charge in [0.15, 0.2) is 0 Å². The molecule has 2 aromatic carbocycles. The van der Waals surface area contributed by atoms with Gasteiger partial charge in [0.2, 0.25) is 0 Å². The van der Waals surface area contributed by atoms with Crippen LogP contribution in [0, 0.1) is 17.1 Å². The first-order valence-electron chi connectivity index (χ1n) is 4.79. The summed E-state index contributed by atoms with van der Waals surface area (Å²) in [6.07, 6.45) is 0. The Morgan fingerprint density at radius 1 is 1.06 bits per heavy atom. The van der Waals surface area contributed by atoms with Crippen LogP contribution in [0.3, 0.4) is 0 Å². The lowest BCUT2D eigenvalue weighted by atomic mass is 10.0. The molecule has 0 heterocycles. The van der Waals surface area contributed by atoms with Crippen molar-refractivity contribution in [1.29, 1.82) is 5.26 Å². The van der Waals surface area contributed by atoms with Crippen molar-refractivity contribution in [2.45, 2.75) is 0 Å². The molecular weight excluding hydrogens is 241 g/mol. The number of nitrogens with zero attached hydrogens (tertiary/aromatic N) is 1. The Kier molecular flexibility index (Phi) is 2.99. The van der Waals surface area contributed by atoms with E-state index in [-0.39, 0.29) is 10.8 Å². The molecular formula is C13H7ClFNO. The van der Waals surface area contributed by atoms with E-state index in [0.29, 0.717) is 16.7 Å². The third-order valence-electron chi connectivity index (χ3n) is 2.24. The molecule has 0 saturated heterocycles. The Labute approximate surface area is 103 Å². The molecule has 0 aliphatic heterocycles. The van der Waals surface area contributed by atoms with Crippen molar-refractivity contribution in [3.8, 4) is 22.9 Å². The summed E-state index contributed by atoms with van der Waals surface area (Å²) in [6.45, 7) is 0. The Bertz CT molecular complexity index is 599. The van der Waals surface area contributed by atoms with Gasteiger partial charge in [0.1, 0.15) is 11.6 Å². The molecule has 4 heteroatoms. The second kappa shape index (κ2) is 4.44. The lowest BCUT2D eigenvalue weighted by Gasteiger charge is -2.04. The third-order valence-corrected chi connectivity index (χ3v) is 2.46. The maximum atomic E-state index is 13.2. The quantitative estimate of drug-likeness (QED) is 0.835. The minimum atomic E-state index is -0.464. The summed E-state index contributed by atoms with van der Waals surface area (Å²) < 4.78 is 13.2. The van der Waals surface area contributed by atoms with Crippen molar-refractivity contribution in [2.24, 2.45) is 0 Å². The molecule has 84 valence electrons. The predicted octanol–water partition coefficient (Wildman–Crippen LogP) is 3.72. The van der Waals surface area contributed by atoms with E-state index in [1.54, 1.807) is 12.1 Å². The van der Waals surface area contributed by atoms with Gasteiger partial charge in [0.05, 0.1) is 11.6 Å². The van der Waals surface area contributed by atoms with E-state index in [9.17, 15) is 9.50 Å². The maximum Gasteiger partial charge on any atom is 0.125 e. The molecule has 0 bridgehead atoms. The van der Waals surface area contributed by atoms with Crippen LogP contribution in [-0.4, -0.2) is 5.11 Å². The van der Waals surface area contributed by atoms with Gasteiger partial charge in [-0.15, -0.1) is 0 Å². The summed E-state index contributed by atoms with van der Waals surface area (Å²) in [6, 6.07) is 10.3. The average molecular weight is 248 g/mol. The minimum Gasteiger partial charge on any atom is -0.508 e. The van der Waals surface area contributed by atoms with Gasteiger partial charge in [-0.2, -0.15) is 5.26 Å². The second-order valence-electron chi connectivity index (χ2n) is 3.54. The Morgan fingerprint density at radius 2 is 1.76 bits per heavy atom. The largest absolute Gasteiger partial charge is 0.508 e. The zero-order valence-corrected chi connectivity index (χ0v) is 9.37. The van der Waals surface area contributed by atoms with Crippen LogP contribution in [0.4, 0.5) is 4.39 Å². The van der Waals surface area contributed by atoms with E-state index in [2.05, 4.69) is 0 Å². The van der Waals surface area contributed by atoms with Crippen LogP contribution >= 0.6 is 11.6 Å². The zero-order chi connectivity index (χ0) is 12.4. The summed E-state index contributed by atoms with van der Waals surface area (Å²) in [4.78, 5) is 0. The minimum absolute atomic E-state index is 0.0422. The lowest BCUT2D eigenvalue weighted by molar-refractivity contribution is 0.475. The number of halogens is 2. The van der Waals surface area contributed by atoms with Crippen molar-refractivity contribution in [3.63, 3.8) is 0 Å². The van der Waals surface area contributed by atoms with Gasteiger partial charge < -0.3 is 5.11 Å². The fraction of sp³-hybridized carbons (Fsp3) is 0. The van der Waals surface area contributed by atoms with Crippen LogP contribution in [0.2, 0.25) is 5.02 Å². The molecule has 0 aliphatic rings. The molecule has 0 unspecified atom stereocenters. The number of nitriles is 1. The molecule has 2 aromatic rings. The molecule has 0 radical (unpaired) electrons. The van der Waals surface area contributed by atoms with Crippen LogP contribution in [0.5, 0.6) is 5.75 Å². The molecule has 0 spiro atoms. The molecule has 0 aromatic heterocycles. The van der Waals surface area contributed by atoms with Crippen LogP contribution in [0.25, 0.3) is 11.1 Å². The average Bonchev–Trinajstić information content (AvgIpc) is 2.26. The molecule has 2 nitrogen and oxygen atoms in total. The Hall–Kier alpha value is -2.05. The van der Waals surface area contributed by atoms with Gasteiger partial charge in [-0.1, -0.05) is 11.6 Å². The number of aromatic hydroxyl groups is 1. The predicted molar refractivity (Wildman–Crippen MR) is 63.2 cm³/mol. The lowest BCUT2D eigenvalue weighted by Crippen LogP contribution is -1.83. The molecule has 0 saturated carbocycles. The van der Waals surface area contributed by atoms with E-state index < -0.39 is 5.82 Å². The SMILES string of the molecule is N#Cc1cc(O)cc(-c2cc(F)cc(Cl)c2)c1. The van der Waals surface area contributed by atoms with Gasteiger partial charge in [-0.05, 0) is 47.5 Å². The summed E-state index contributed by atoms with van der Waals surface area (Å²) in [7, 11) is 0. The number of benzene rings is 2. The topological polar surface area (TPSA) is 44.0 Å². The van der Waals surface area contributed by atoms with Crippen LogP contribution in [0.1, 0.15) is 5.56 Å². The standard InChI is InChI=1S/C13H7ClFNO/c14-11-3-10(4-12(15)6-11)9-1-8(7-16)2-13(17)5-9/h1-6,17H. The van der Waals surface area contributed by atoms with Gasteiger partial charge in [0, 0.05) is 5.02 Å². The van der Waals surface area contributed by atoms with Gasteiger partial charge >= 0.3 is 0 Å². The fourth-order valence-electron chi connectivity index (χ4n) is 1.56. The first kappa shape index (κ1) is 11.4. The van der Waals surface area contributed by atoms with E-state index >= 15 is 0 Å². The summed E-state index contributed by atoms with van der Waals surface area (Å²) in [5.74, 6) is -0.506. The maximum absolute atomic E-state index is 13.2. The highest BCUT2D eigenvalue weighted by Gasteiger charge is 2.05. The summed E-state index contributed by atoms with van der Waals surface area (Å²) >= 11 is 5.75. The van der Waals surface area contributed by atoms with Crippen molar-refractivity contribution in [3.05, 3.63) is 52.8 Å². The second-order valence-corrected chi connectivity index (χ2v) is 3.97. The molecule has 0 fully saturated rings. The Balaban J connectivity index is 2.60. The van der Waals surface area contributed by atoms with E-state index in [1.807, 2.05) is 6.07 Å². The van der Waals surface area contributed by atoms with Crippen molar-refractivity contribution in [1.82, 2.24) is 0 Å². The van der Waals surface area contributed by atoms with Gasteiger partial charge in [-0.3, -0.25) is 0 Å². The zero-order valence-electron chi connectivity index (χ0n) is 8.61. The number of hydrogen-bond acceptors (Lipinski definition) is 2. The highest BCUT2D eigenvalue weighted by atomic mass is 35.5. The van der Waals surface area contributed by atoms with E-state index in [4.69, 9.17) is 16.9 Å². The smallest absolute Gasteiger partial charge is 0.125 e. The normalized spacial score (nSPS) is 9.94. The molecule has 2 rings (SSSR count). The number of hydrogen-bond donors (Lipinski definition) is 1. The highest BCUT2D eigenvalue weighted by molar-refractivity contribution is 6.30.